The Balaban J connectivity index is 1.89. The SMILES string of the molecule is Cn1nccc1NC1CCC(O)CC1. The molecule has 1 aliphatic rings. The molecule has 1 saturated carbocycles. The van der Waals surface area contributed by atoms with Crippen LogP contribution in [0.25, 0.3) is 0 Å². The van der Waals surface area contributed by atoms with Crippen LogP contribution < -0.4 is 5.32 Å². The van der Waals surface area contributed by atoms with Crippen molar-refractivity contribution in [3.8, 4) is 0 Å². The maximum Gasteiger partial charge on any atom is 0.124 e. The Labute approximate surface area is 83.9 Å². The minimum absolute atomic E-state index is 0.0837. The van der Waals surface area contributed by atoms with E-state index < -0.39 is 0 Å². The molecular weight excluding hydrogens is 178 g/mol. The molecule has 1 fully saturated rings. The summed E-state index contributed by atoms with van der Waals surface area (Å²) in [4.78, 5) is 0. The van der Waals surface area contributed by atoms with Gasteiger partial charge in [-0.05, 0) is 25.7 Å². The van der Waals surface area contributed by atoms with Crippen molar-refractivity contribution < 1.29 is 5.11 Å². The highest BCUT2D eigenvalue weighted by Crippen LogP contribution is 2.21. The zero-order valence-corrected chi connectivity index (χ0v) is 8.48. The van der Waals surface area contributed by atoms with E-state index in [4.69, 9.17) is 0 Å². The van der Waals surface area contributed by atoms with Gasteiger partial charge in [0.1, 0.15) is 5.82 Å². The van der Waals surface area contributed by atoms with E-state index >= 15 is 0 Å². The number of anilines is 1. The number of aliphatic hydroxyl groups excluding tert-OH is 1. The Kier molecular flexibility index (Phi) is 2.72. The van der Waals surface area contributed by atoms with Gasteiger partial charge >= 0.3 is 0 Å². The molecule has 0 bridgehead atoms. The third-order valence-corrected chi connectivity index (χ3v) is 2.87. The van der Waals surface area contributed by atoms with Crippen molar-refractivity contribution in [2.75, 3.05) is 5.32 Å². The van der Waals surface area contributed by atoms with E-state index in [1.165, 1.54) is 0 Å². The van der Waals surface area contributed by atoms with E-state index in [0.29, 0.717) is 6.04 Å². The second-order valence-electron chi connectivity index (χ2n) is 3.99. The van der Waals surface area contributed by atoms with Crippen LogP contribution >= 0.6 is 0 Å². The molecule has 2 rings (SSSR count). The molecule has 14 heavy (non-hydrogen) atoms. The predicted octanol–water partition coefficient (Wildman–Crippen LogP) is 1.14. The zero-order chi connectivity index (χ0) is 9.97. The molecular formula is C10H17N3O. The number of rotatable bonds is 2. The fourth-order valence-electron chi connectivity index (χ4n) is 1.94. The lowest BCUT2D eigenvalue weighted by Gasteiger charge is -2.26. The lowest BCUT2D eigenvalue weighted by molar-refractivity contribution is 0.126. The quantitative estimate of drug-likeness (QED) is 0.744. The Morgan fingerprint density at radius 2 is 2.14 bits per heavy atom. The van der Waals surface area contributed by atoms with E-state index in [1.54, 1.807) is 6.20 Å². The normalized spacial score (nSPS) is 27.6. The molecule has 1 aliphatic carbocycles. The topological polar surface area (TPSA) is 50.1 Å². The van der Waals surface area contributed by atoms with Crippen LogP contribution in [0.15, 0.2) is 12.3 Å². The summed E-state index contributed by atoms with van der Waals surface area (Å²) in [6.45, 7) is 0. The lowest BCUT2D eigenvalue weighted by atomic mass is 9.93. The van der Waals surface area contributed by atoms with Crippen molar-refractivity contribution in [1.82, 2.24) is 9.78 Å². The van der Waals surface area contributed by atoms with E-state index in [-0.39, 0.29) is 6.10 Å². The van der Waals surface area contributed by atoms with Crippen LogP contribution in [0.2, 0.25) is 0 Å². The van der Waals surface area contributed by atoms with Crippen LogP contribution in [-0.4, -0.2) is 27.0 Å². The van der Waals surface area contributed by atoms with Gasteiger partial charge in [0.25, 0.3) is 0 Å². The van der Waals surface area contributed by atoms with Crippen LogP contribution in [-0.2, 0) is 7.05 Å². The van der Waals surface area contributed by atoms with Crippen LogP contribution in [0.1, 0.15) is 25.7 Å². The monoisotopic (exact) mass is 195 g/mol. The summed E-state index contributed by atoms with van der Waals surface area (Å²) < 4.78 is 1.84. The van der Waals surface area contributed by atoms with Gasteiger partial charge in [0.05, 0.1) is 12.3 Å². The minimum Gasteiger partial charge on any atom is -0.393 e. The smallest absolute Gasteiger partial charge is 0.124 e. The fourth-order valence-corrected chi connectivity index (χ4v) is 1.94. The van der Waals surface area contributed by atoms with Crippen molar-refractivity contribution in [3.63, 3.8) is 0 Å². The average molecular weight is 195 g/mol. The van der Waals surface area contributed by atoms with Gasteiger partial charge in [0, 0.05) is 19.2 Å². The molecule has 0 aliphatic heterocycles. The number of aliphatic hydroxyl groups is 1. The molecule has 0 aromatic carbocycles. The number of nitrogens with one attached hydrogen (secondary N) is 1. The van der Waals surface area contributed by atoms with Crippen LogP contribution in [0.5, 0.6) is 0 Å². The highest BCUT2D eigenvalue weighted by molar-refractivity contribution is 5.34. The second-order valence-corrected chi connectivity index (χ2v) is 3.99. The maximum absolute atomic E-state index is 9.36. The molecule has 1 aromatic heterocycles. The summed E-state index contributed by atoms with van der Waals surface area (Å²) in [5.74, 6) is 1.06. The molecule has 4 heteroatoms. The van der Waals surface area contributed by atoms with E-state index in [0.717, 1.165) is 31.5 Å². The molecule has 0 radical (unpaired) electrons. The molecule has 0 spiro atoms. The highest BCUT2D eigenvalue weighted by atomic mass is 16.3. The first-order valence-corrected chi connectivity index (χ1v) is 5.18. The second kappa shape index (κ2) is 4.00. The first kappa shape index (κ1) is 9.52. The Morgan fingerprint density at radius 1 is 1.43 bits per heavy atom. The number of hydrogen-bond acceptors (Lipinski definition) is 3. The molecule has 0 atom stereocenters. The molecule has 0 unspecified atom stereocenters. The van der Waals surface area contributed by atoms with Crippen LogP contribution in [0, 0.1) is 0 Å². The number of nitrogens with zero attached hydrogens (tertiary/aromatic N) is 2. The van der Waals surface area contributed by atoms with Crippen LogP contribution in [0.3, 0.4) is 0 Å². The summed E-state index contributed by atoms with van der Waals surface area (Å²) in [5.41, 5.74) is 0. The maximum atomic E-state index is 9.36. The molecule has 0 amide bonds. The van der Waals surface area contributed by atoms with Crippen molar-refractivity contribution >= 4 is 5.82 Å². The Hall–Kier alpha value is -1.03. The first-order valence-electron chi connectivity index (χ1n) is 5.18. The van der Waals surface area contributed by atoms with Gasteiger partial charge in [0.2, 0.25) is 0 Å². The summed E-state index contributed by atoms with van der Waals surface area (Å²) in [6, 6.07) is 2.47. The summed E-state index contributed by atoms with van der Waals surface area (Å²) >= 11 is 0. The number of aromatic nitrogens is 2. The highest BCUT2D eigenvalue weighted by Gasteiger charge is 2.19. The number of aryl methyl sites for hydroxylation is 1. The minimum atomic E-state index is -0.0837. The van der Waals surface area contributed by atoms with Gasteiger partial charge in [-0.25, -0.2) is 0 Å². The molecule has 2 N–H and O–H groups in total. The molecule has 1 heterocycles. The van der Waals surface area contributed by atoms with E-state index in [9.17, 15) is 5.11 Å². The van der Waals surface area contributed by atoms with Crippen molar-refractivity contribution in [2.24, 2.45) is 7.05 Å². The first-order chi connectivity index (χ1) is 6.75. The largest absolute Gasteiger partial charge is 0.393 e. The molecule has 4 nitrogen and oxygen atoms in total. The van der Waals surface area contributed by atoms with Gasteiger partial charge < -0.3 is 10.4 Å². The van der Waals surface area contributed by atoms with Crippen molar-refractivity contribution in [3.05, 3.63) is 12.3 Å². The lowest BCUT2D eigenvalue weighted by Crippen LogP contribution is -2.28. The molecule has 1 aromatic rings. The molecule has 78 valence electrons. The van der Waals surface area contributed by atoms with E-state index in [2.05, 4.69) is 10.4 Å². The number of hydrogen-bond donors (Lipinski definition) is 2. The van der Waals surface area contributed by atoms with E-state index in [1.807, 2.05) is 17.8 Å². The third kappa shape index (κ3) is 2.07. The zero-order valence-electron chi connectivity index (χ0n) is 8.48. The summed E-state index contributed by atoms with van der Waals surface area (Å²) in [6.07, 6.45) is 5.63. The van der Waals surface area contributed by atoms with Crippen molar-refractivity contribution in [2.45, 2.75) is 37.8 Å². The molecule has 0 saturated heterocycles. The van der Waals surface area contributed by atoms with Crippen molar-refractivity contribution in [1.29, 1.82) is 0 Å². The van der Waals surface area contributed by atoms with Gasteiger partial charge in [-0.15, -0.1) is 0 Å². The fraction of sp³-hybridized carbons (Fsp3) is 0.700. The standard InChI is InChI=1S/C10H17N3O/c1-13-10(6-7-11-13)12-8-2-4-9(14)5-3-8/h6-9,12,14H,2-5H2,1H3. The van der Waals surface area contributed by atoms with Crippen LogP contribution in [0.4, 0.5) is 5.82 Å². The Bertz CT molecular complexity index is 289. The van der Waals surface area contributed by atoms with Gasteiger partial charge in [-0.1, -0.05) is 0 Å². The van der Waals surface area contributed by atoms with Gasteiger partial charge in [0.15, 0.2) is 0 Å². The summed E-state index contributed by atoms with van der Waals surface area (Å²) in [5, 5.41) is 16.9. The third-order valence-electron chi connectivity index (χ3n) is 2.87. The average Bonchev–Trinajstić information content (AvgIpc) is 2.56. The predicted molar refractivity (Wildman–Crippen MR) is 55.1 cm³/mol. The summed E-state index contributed by atoms with van der Waals surface area (Å²) in [7, 11) is 1.93. The van der Waals surface area contributed by atoms with Gasteiger partial charge in [-0.3, -0.25) is 4.68 Å². The van der Waals surface area contributed by atoms with Gasteiger partial charge in [-0.2, -0.15) is 5.10 Å². The Morgan fingerprint density at radius 3 is 2.71 bits per heavy atom.